The number of aromatic amines is 1. The lowest BCUT2D eigenvalue weighted by molar-refractivity contribution is 0.414. The lowest BCUT2D eigenvalue weighted by atomic mass is 10.1. The van der Waals surface area contributed by atoms with Crippen LogP contribution < -0.4 is 15.4 Å². The number of fused-ring (bicyclic) bond motifs is 1. The highest BCUT2D eigenvalue weighted by molar-refractivity contribution is 14.0. The highest BCUT2D eigenvalue weighted by atomic mass is 127. The van der Waals surface area contributed by atoms with E-state index in [2.05, 4.69) is 25.7 Å². The van der Waals surface area contributed by atoms with Gasteiger partial charge in [0.05, 0.1) is 25.0 Å². The van der Waals surface area contributed by atoms with Crippen molar-refractivity contribution in [2.24, 2.45) is 4.99 Å². The number of hydrogen-bond donors (Lipinski definition) is 3. The largest absolute Gasteiger partial charge is 0.497 e. The smallest absolute Gasteiger partial charge is 0.191 e. The Bertz CT molecular complexity index is 1180. The van der Waals surface area contributed by atoms with Crippen LogP contribution in [-0.2, 0) is 13.0 Å². The molecule has 0 aliphatic carbocycles. The van der Waals surface area contributed by atoms with Gasteiger partial charge in [0.2, 0.25) is 0 Å². The first kappa shape index (κ1) is 23.6. The number of nitrogens with zero attached hydrogens (tertiary/aromatic N) is 3. The van der Waals surface area contributed by atoms with E-state index in [1.165, 1.54) is 6.07 Å². The lowest BCUT2D eigenvalue weighted by Crippen LogP contribution is -2.37. The Morgan fingerprint density at radius 3 is 2.72 bits per heavy atom. The lowest BCUT2D eigenvalue weighted by Gasteiger charge is -2.11. The second-order valence-electron chi connectivity index (χ2n) is 7.06. The van der Waals surface area contributed by atoms with Gasteiger partial charge in [-0.05, 0) is 60.5 Å². The fourth-order valence-corrected chi connectivity index (χ4v) is 3.40. The molecule has 0 radical (unpaired) electrons. The first-order valence-electron chi connectivity index (χ1n) is 10.1. The van der Waals surface area contributed by atoms with Crippen molar-refractivity contribution in [3.8, 4) is 11.4 Å². The average molecular weight is 548 g/mol. The van der Waals surface area contributed by atoms with Crippen LogP contribution in [0.1, 0.15) is 11.3 Å². The molecule has 0 fully saturated rings. The monoisotopic (exact) mass is 548 g/mol. The molecule has 3 N–H and O–H groups in total. The number of ether oxygens (including phenoxy) is 1. The number of aromatic nitrogens is 3. The SMILES string of the molecule is CN=C(NCCc1c[nH]c2ccc(F)cc12)NCc1ccn(-c2ccc(OC)cc2)n1.I. The van der Waals surface area contributed by atoms with Gasteiger partial charge in [-0.1, -0.05) is 0 Å². The van der Waals surface area contributed by atoms with Gasteiger partial charge in [-0.2, -0.15) is 5.10 Å². The quantitative estimate of drug-likeness (QED) is 0.185. The number of hydrogen-bond acceptors (Lipinski definition) is 3. The minimum absolute atomic E-state index is 0. The summed E-state index contributed by atoms with van der Waals surface area (Å²) in [6.07, 6.45) is 4.59. The molecule has 0 bridgehead atoms. The molecule has 0 aliphatic rings. The van der Waals surface area contributed by atoms with E-state index < -0.39 is 0 Å². The van der Waals surface area contributed by atoms with Crippen molar-refractivity contribution in [3.63, 3.8) is 0 Å². The van der Waals surface area contributed by atoms with Crippen LogP contribution in [0.4, 0.5) is 4.39 Å². The first-order valence-corrected chi connectivity index (χ1v) is 10.1. The van der Waals surface area contributed by atoms with Crippen LogP contribution in [0.3, 0.4) is 0 Å². The zero-order chi connectivity index (χ0) is 21.6. The van der Waals surface area contributed by atoms with Crippen molar-refractivity contribution in [3.05, 3.63) is 78.0 Å². The van der Waals surface area contributed by atoms with Gasteiger partial charge in [-0.25, -0.2) is 9.07 Å². The Kier molecular flexibility index (Phi) is 8.09. The molecule has 9 heteroatoms. The van der Waals surface area contributed by atoms with Crippen molar-refractivity contribution in [2.45, 2.75) is 13.0 Å². The fourth-order valence-electron chi connectivity index (χ4n) is 3.40. The van der Waals surface area contributed by atoms with Crippen molar-refractivity contribution >= 4 is 40.8 Å². The topological polar surface area (TPSA) is 79.3 Å². The van der Waals surface area contributed by atoms with Gasteiger partial charge >= 0.3 is 0 Å². The Hall–Kier alpha value is -3.08. The van der Waals surface area contributed by atoms with Gasteiger partial charge in [0.15, 0.2) is 5.96 Å². The average Bonchev–Trinajstić information content (AvgIpc) is 3.43. The molecule has 0 saturated heterocycles. The maximum atomic E-state index is 13.5. The van der Waals surface area contributed by atoms with Gasteiger partial charge < -0.3 is 20.4 Å². The van der Waals surface area contributed by atoms with E-state index in [0.29, 0.717) is 19.0 Å². The molecule has 0 saturated carbocycles. The number of aliphatic imine (C=N–C) groups is 1. The molecule has 0 aliphatic heterocycles. The van der Waals surface area contributed by atoms with Crippen LogP contribution in [0.25, 0.3) is 16.6 Å². The Morgan fingerprint density at radius 1 is 1.16 bits per heavy atom. The van der Waals surface area contributed by atoms with Gasteiger partial charge in [0.1, 0.15) is 11.6 Å². The molecule has 4 aromatic rings. The minimum atomic E-state index is -0.229. The number of nitrogens with one attached hydrogen (secondary N) is 3. The molecule has 2 aromatic heterocycles. The normalized spacial score (nSPS) is 11.3. The summed E-state index contributed by atoms with van der Waals surface area (Å²) in [4.78, 5) is 7.44. The van der Waals surface area contributed by atoms with Gasteiger partial charge in [-0.15, -0.1) is 24.0 Å². The van der Waals surface area contributed by atoms with Crippen LogP contribution in [0, 0.1) is 5.82 Å². The molecule has 0 unspecified atom stereocenters. The summed E-state index contributed by atoms with van der Waals surface area (Å²) in [5.41, 5.74) is 3.86. The molecule has 4 rings (SSSR count). The summed E-state index contributed by atoms with van der Waals surface area (Å²) in [7, 11) is 3.38. The highest BCUT2D eigenvalue weighted by Crippen LogP contribution is 2.19. The molecule has 32 heavy (non-hydrogen) atoms. The second kappa shape index (κ2) is 11.0. The molecule has 168 valence electrons. The summed E-state index contributed by atoms with van der Waals surface area (Å²) < 4.78 is 20.5. The molecule has 0 amide bonds. The van der Waals surface area contributed by atoms with E-state index in [4.69, 9.17) is 4.74 Å². The van der Waals surface area contributed by atoms with E-state index >= 15 is 0 Å². The number of benzene rings is 2. The van der Waals surface area contributed by atoms with Crippen LogP contribution in [0.5, 0.6) is 5.75 Å². The van der Waals surface area contributed by atoms with Crippen LogP contribution >= 0.6 is 24.0 Å². The second-order valence-corrected chi connectivity index (χ2v) is 7.06. The van der Waals surface area contributed by atoms with E-state index in [0.717, 1.165) is 40.0 Å². The van der Waals surface area contributed by atoms with E-state index in [9.17, 15) is 4.39 Å². The Labute approximate surface area is 203 Å². The van der Waals surface area contributed by atoms with Gasteiger partial charge in [-0.3, -0.25) is 4.99 Å². The van der Waals surface area contributed by atoms with Crippen molar-refractivity contribution in [2.75, 3.05) is 20.7 Å². The van der Waals surface area contributed by atoms with Crippen molar-refractivity contribution < 1.29 is 9.13 Å². The third kappa shape index (κ3) is 5.58. The third-order valence-corrected chi connectivity index (χ3v) is 5.06. The summed E-state index contributed by atoms with van der Waals surface area (Å²) in [6, 6.07) is 14.5. The summed E-state index contributed by atoms with van der Waals surface area (Å²) >= 11 is 0. The first-order chi connectivity index (χ1) is 15.2. The standard InChI is InChI=1S/C23H25FN6O.HI/c1-25-23(26-11-9-16-14-27-22-8-3-17(24)13-21(16)22)28-15-18-10-12-30(29-18)19-4-6-20(31-2)7-5-19;/h3-8,10,12-14,27H,9,11,15H2,1-2H3,(H2,25,26,28);1H. The number of rotatable bonds is 7. The number of halogens is 2. The van der Waals surface area contributed by atoms with E-state index in [1.807, 2.05) is 47.4 Å². The molecule has 0 atom stereocenters. The van der Waals surface area contributed by atoms with E-state index in [-0.39, 0.29) is 29.8 Å². The minimum Gasteiger partial charge on any atom is -0.497 e. The van der Waals surface area contributed by atoms with Gasteiger partial charge in [0, 0.05) is 36.9 Å². The summed E-state index contributed by atoms with van der Waals surface area (Å²) in [6.45, 7) is 1.21. The predicted octanol–water partition coefficient (Wildman–Crippen LogP) is 4.03. The molecule has 2 aromatic carbocycles. The highest BCUT2D eigenvalue weighted by Gasteiger charge is 2.07. The van der Waals surface area contributed by atoms with Crippen LogP contribution in [0.2, 0.25) is 0 Å². The molecular formula is C23H26FIN6O. The van der Waals surface area contributed by atoms with Crippen molar-refractivity contribution in [1.29, 1.82) is 0 Å². The summed E-state index contributed by atoms with van der Waals surface area (Å²) in [5, 5.41) is 12.1. The Morgan fingerprint density at radius 2 is 1.97 bits per heavy atom. The predicted molar refractivity (Wildman–Crippen MR) is 136 cm³/mol. The molecule has 7 nitrogen and oxygen atoms in total. The molecular weight excluding hydrogens is 522 g/mol. The van der Waals surface area contributed by atoms with E-state index in [1.54, 1.807) is 26.3 Å². The summed E-state index contributed by atoms with van der Waals surface area (Å²) in [5.74, 6) is 1.27. The van der Waals surface area contributed by atoms with Crippen LogP contribution in [-0.4, -0.2) is 41.4 Å². The number of guanidine groups is 1. The van der Waals surface area contributed by atoms with Gasteiger partial charge in [0.25, 0.3) is 0 Å². The number of H-pyrrole nitrogens is 1. The number of methoxy groups -OCH3 is 1. The van der Waals surface area contributed by atoms with Crippen LogP contribution in [0.15, 0.2) is 65.9 Å². The fraction of sp³-hybridized carbons (Fsp3) is 0.217. The Balaban J connectivity index is 0.00000289. The maximum absolute atomic E-state index is 13.5. The zero-order valence-corrected chi connectivity index (χ0v) is 20.3. The maximum Gasteiger partial charge on any atom is 0.191 e. The zero-order valence-electron chi connectivity index (χ0n) is 17.9. The van der Waals surface area contributed by atoms with Crippen molar-refractivity contribution in [1.82, 2.24) is 25.4 Å². The third-order valence-electron chi connectivity index (χ3n) is 5.06. The molecule has 0 spiro atoms. The molecule has 2 heterocycles.